The summed E-state index contributed by atoms with van der Waals surface area (Å²) in [5.74, 6) is -0.134. The van der Waals surface area contributed by atoms with Crippen LogP contribution in [0.15, 0.2) is 76.6 Å². The van der Waals surface area contributed by atoms with Crippen molar-refractivity contribution in [3.05, 3.63) is 105 Å². The number of benzene rings is 3. The van der Waals surface area contributed by atoms with E-state index < -0.39 is 0 Å². The summed E-state index contributed by atoms with van der Waals surface area (Å²) in [4.78, 5) is 18.1. The van der Waals surface area contributed by atoms with Gasteiger partial charge in [0.25, 0.3) is 5.91 Å². The molecular weight excluding hydrogens is 462 g/mol. The molecule has 4 aromatic rings. The molecule has 0 radical (unpaired) electrons. The third-order valence-corrected chi connectivity index (χ3v) is 7.15. The summed E-state index contributed by atoms with van der Waals surface area (Å²) in [6.07, 6.45) is 1.99. The number of carbonyl (C=O) groups is 1. The van der Waals surface area contributed by atoms with Crippen LogP contribution in [0, 0.1) is 20.8 Å². The molecule has 4 nitrogen and oxygen atoms in total. The van der Waals surface area contributed by atoms with Gasteiger partial charge in [-0.15, -0.1) is 0 Å². The average molecular weight is 486 g/mol. The van der Waals surface area contributed by atoms with Gasteiger partial charge in [0.1, 0.15) is 0 Å². The fourth-order valence-corrected chi connectivity index (χ4v) is 5.35. The summed E-state index contributed by atoms with van der Waals surface area (Å²) < 4.78 is 2.32. The average Bonchev–Trinajstić information content (AvgIpc) is 3.28. The van der Waals surface area contributed by atoms with Crippen molar-refractivity contribution in [1.82, 2.24) is 9.88 Å². The number of amides is 1. The number of hydrogen-bond acceptors (Lipinski definition) is 3. The molecule has 5 rings (SSSR count). The van der Waals surface area contributed by atoms with E-state index in [0.717, 1.165) is 40.0 Å². The molecule has 0 saturated carbocycles. The van der Waals surface area contributed by atoms with Crippen molar-refractivity contribution in [3.8, 4) is 0 Å². The maximum atomic E-state index is 12.8. The molecule has 0 bridgehead atoms. The van der Waals surface area contributed by atoms with E-state index in [9.17, 15) is 4.79 Å². The minimum atomic E-state index is -0.134. The topological polar surface area (TPSA) is 46.4 Å². The lowest BCUT2D eigenvalue weighted by Gasteiger charge is -2.09. The van der Waals surface area contributed by atoms with Crippen LogP contribution in [0.1, 0.15) is 27.9 Å². The summed E-state index contributed by atoms with van der Waals surface area (Å²) in [6, 6.07) is 22.5. The second-order valence-electron chi connectivity index (χ2n) is 8.50. The Morgan fingerprint density at radius 3 is 2.65 bits per heavy atom. The van der Waals surface area contributed by atoms with E-state index in [1.165, 1.54) is 22.9 Å². The number of rotatable bonds is 4. The van der Waals surface area contributed by atoms with Crippen molar-refractivity contribution < 1.29 is 4.79 Å². The molecule has 170 valence electrons. The molecule has 1 aromatic heterocycles. The Labute approximate surface area is 208 Å². The quantitative estimate of drug-likeness (QED) is 0.312. The molecule has 2 heterocycles. The number of nitrogens with one attached hydrogen (secondary N) is 1. The van der Waals surface area contributed by atoms with Gasteiger partial charge in [0, 0.05) is 33.7 Å². The third kappa shape index (κ3) is 4.41. The van der Waals surface area contributed by atoms with Crippen LogP contribution in [0.4, 0.5) is 5.69 Å². The van der Waals surface area contributed by atoms with E-state index in [1.807, 2.05) is 31.2 Å². The van der Waals surface area contributed by atoms with Crippen molar-refractivity contribution in [2.45, 2.75) is 27.3 Å². The Morgan fingerprint density at radius 2 is 1.85 bits per heavy atom. The zero-order valence-corrected chi connectivity index (χ0v) is 20.8. The Morgan fingerprint density at radius 1 is 1.03 bits per heavy atom. The predicted molar refractivity (Wildman–Crippen MR) is 144 cm³/mol. The first-order valence-corrected chi connectivity index (χ1v) is 12.3. The lowest BCUT2D eigenvalue weighted by molar-refractivity contribution is -0.115. The summed E-state index contributed by atoms with van der Waals surface area (Å²) in [5.41, 5.74) is 7.59. The number of carbonyl (C=O) groups excluding carboxylic acids is 1. The molecule has 3 aromatic carbocycles. The first-order valence-electron chi connectivity index (χ1n) is 11.1. The van der Waals surface area contributed by atoms with Gasteiger partial charge in [-0.1, -0.05) is 59.6 Å². The first-order chi connectivity index (χ1) is 16.4. The van der Waals surface area contributed by atoms with E-state index in [-0.39, 0.29) is 5.91 Å². The summed E-state index contributed by atoms with van der Waals surface area (Å²) in [6.45, 7) is 6.96. The molecule has 0 atom stereocenters. The molecular formula is C28H24ClN3OS. The van der Waals surface area contributed by atoms with Crippen molar-refractivity contribution in [2.24, 2.45) is 4.99 Å². The Kier molecular flexibility index (Phi) is 6.07. The number of thioether (sulfide) groups is 1. The summed E-state index contributed by atoms with van der Waals surface area (Å²) >= 11 is 7.42. The molecule has 0 unspecified atom stereocenters. The number of hydrogen-bond donors (Lipinski definition) is 1. The standard InChI is InChI=1S/C28H24ClN3OS/c1-17-7-6-8-20(13-17)16-32-19(3)23(22-9-4-5-10-25(22)32)15-26-27(33)31-28(34-26)30-24-12-11-21(29)14-18(24)2/h4-15H,16H2,1-3H3,(H,30,31,33)/b26-15-. The highest BCUT2D eigenvalue weighted by molar-refractivity contribution is 8.18. The number of amidine groups is 1. The molecule has 1 amide bonds. The fourth-order valence-electron chi connectivity index (χ4n) is 4.30. The van der Waals surface area contributed by atoms with Crippen molar-refractivity contribution in [3.63, 3.8) is 0 Å². The van der Waals surface area contributed by atoms with Crippen LogP contribution in [-0.4, -0.2) is 15.6 Å². The van der Waals surface area contributed by atoms with Crippen LogP contribution in [-0.2, 0) is 11.3 Å². The summed E-state index contributed by atoms with van der Waals surface area (Å²) in [5, 5.41) is 5.27. The van der Waals surface area contributed by atoms with Gasteiger partial charge in [-0.05, 0) is 74.0 Å². The number of para-hydroxylation sites is 1. The molecule has 0 aliphatic carbocycles. The normalized spacial score (nSPS) is 16.1. The van der Waals surface area contributed by atoms with Crippen molar-refractivity contribution in [1.29, 1.82) is 0 Å². The van der Waals surface area contributed by atoms with Gasteiger partial charge in [-0.3, -0.25) is 4.79 Å². The van der Waals surface area contributed by atoms with E-state index in [4.69, 9.17) is 11.6 Å². The summed E-state index contributed by atoms with van der Waals surface area (Å²) in [7, 11) is 0. The number of fused-ring (bicyclic) bond motifs is 1. The van der Waals surface area contributed by atoms with E-state index in [1.54, 1.807) is 6.07 Å². The molecule has 1 aliphatic rings. The van der Waals surface area contributed by atoms with E-state index in [2.05, 4.69) is 71.2 Å². The monoisotopic (exact) mass is 485 g/mol. The van der Waals surface area contributed by atoms with Crippen LogP contribution < -0.4 is 5.32 Å². The van der Waals surface area contributed by atoms with Gasteiger partial charge in [0.2, 0.25) is 0 Å². The molecule has 1 saturated heterocycles. The van der Waals surface area contributed by atoms with Crippen LogP contribution >= 0.6 is 23.4 Å². The molecule has 0 spiro atoms. The zero-order chi connectivity index (χ0) is 23.8. The SMILES string of the molecule is Cc1cccc(Cn2c(C)c(/C=C3\SC(=Nc4ccc(Cl)cc4C)NC3=O)c3ccccc32)c1. The van der Waals surface area contributed by atoms with E-state index >= 15 is 0 Å². The molecule has 1 aliphatic heterocycles. The largest absolute Gasteiger partial charge is 0.340 e. The van der Waals surface area contributed by atoms with Crippen LogP contribution in [0.25, 0.3) is 17.0 Å². The highest BCUT2D eigenvalue weighted by atomic mass is 35.5. The predicted octanol–water partition coefficient (Wildman–Crippen LogP) is 7.16. The zero-order valence-electron chi connectivity index (χ0n) is 19.2. The maximum Gasteiger partial charge on any atom is 0.264 e. The van der Waals surface area contributed by atoms with Gasteiger partial charge in [0.15, 0.2) is 5.17 Å². The second kappa shape index (κ2) is 9.16. The van der Waals surface area contributed by atoms with Gasteiger partial charge >= 0.3 is 0 Å². The fraction of sp³-hybridized carbons (Fsp3) is 0.143. The molecule has 1 N–H and O–H groups in total. The van der Waals surface area contributed by atoms with Crippen LogP contribution in [0.5, 0.6) is 0 Å². The van der Waals surface area contributed by atoms with E-state index in [0.29, 0.717) is 15.1 Å². The molecule has 34 heavy (non-hydrogen) atoms. The Hall–Kier alpha value is -3.28. The number of aryl methyl sites for hydroxylation is 2. The number of nitrogens with zero attached hydrogens (tertiary/aromatic N) is 2. The highest BCUT2D eigenvalue weighted by Crippen LogP contribution is 2.34. The van der Waals surface area contributed by atoms with Gasteiger partial charge in [-0.2, -0.15) is 0 Å². The minimum Gasteiger partial charge on any atom is -0.340 e. The molecule has 6 heteroatoms. The number of aliphatic imine (C=N–C) groups is 1. The second-order valence-corrected chi connectivity index (χ2v) is 9.97. The van der Waals surface area contributed by atoms with Crippen LogP contribution in [0.2, 0.25) is 5.02 Å². The smallest absolute Gasteiger partial charge is 0.264 e. The van der Waals surface area contributed by atoms with Gasteiger partial charge in [0.05, 0.1) is 10.6 Å². The number of halogens is 1. The van der Waals surface area contributed by atoms with Gasteiger partial charge in [-0.25, -0.2) is 4.99 Å². The van der Waals surface area contributed by atoms with Crippen molar-refractivity contribution >= 4 is 57.1 Å². The Balaban J connectivity index is 1.52. The molecule has 1 fully saturated rings. The lowest BCUT2D eigenvalue weighted by atomic mass is 10.1. The highest BCUT2D eigenvalue weighted by Gasteiger charge is 2.25. The lowest BCUT2D eigenvalue weighted by Crippen LogP contribution is -2.19. The van der Waals surface area contributed by atoms with Crippen LogP contribution in [0.3, 0.4) is 0 Å². The maximum absolute atomic E-state index is 12.8. The Bertz CT molecular complexity index is 1500. The van der Waals surface area contributed by atoms with Gasteiger partial charge < -0.3 is 9.88 Å². The number of aromatic nitrogens is 1. The third-order valence-electron chi connectivity index (χ3n) is 6.01. The minimum absolute atomic E-state index is 0.134. The first kappa shape index (κ1) is 22.5. The van der Waals surface area contributed by atoms with Crippen molar-refractivity contribution in [2.75, 3.05) is 0 Å².